The van der Waals surface area contributed by atoms with Crippen molar-refractivity contribution in [3.8, 4) is 5.75 Å². The van der Waals surface area contributed by atoms with Gasteiger partial charge in [-0.2, -0.15) is 0 Å². The summed E-state index contributed by atoms with van der Waals surface area (Å²) in [4.78, 5) is 12.5. The summed E-state index contributed by atoms with van der Waals surface area (Å²) in [6.07, 6.45) is 0. The topological polar surface area (TPSA) is 62.4 Å². The summed E-state index contributed by atoms with van der Waals surface area (Å²) in [6.45, 7) is 5.21. The van der Waals surface area contributed by atoms with Crippen LogP contribution in [0.5, 0.6) is 5.75 Å². The Morgan fingerprint density at radius 3 is 2.42 bits per heavy atom. The zero-order valence-electron chi connectivity index (χ0n) is 13.8. The number of rotatable bonds is 6. The van der Waals surface area contributed by atoms with Crippen molar-refractivity contribution in [3.63, 3.8) is 0 Å². The van der Waals surface area contributed by atoms with Crippen molar-refractivity contribution < 1.29 is 9.53 Å². The molecule has 6 heteroatoms. The molecule has 0 saturated heterocycles. The second-order valence-electron chi connectivity index (χ2n) is 4.94. The van der Waals surface area contributed by atoms with Crippen molar-refractivity contribution in [2.75, 3.05) is 23.8 Å². The van der Waals surface area contributed by atoms with E-state index < -0.39 is 0 Å². The van der Waals surface area contributed by atoms with Crippen molar-refractivity contribution in [3.05, 3.63) is 54.1 Å². The summed E-state index contributed by atoms with van der Waals surface area (Å²) in [7, 11) is 0. The highest BCUT2D eigenvalue weighted by atomic mass is 32.1. The standard InChI is InChI=1S/C18H21N3O2S/c1-3-19-18(24)21-16-8-6-5-7-15(16)17(22)20-13-9-11-14(12-10-13)23-4-2/h5-12H,3-4H2,1-2H3,(H,20,22)(H2,19,21,24). The minimum atomic E-state index is -0.207. The number of carbonyl (C=O) groups excluding carboxylic acids is 1. The number of hydrogen-bond acceptors (Lipinski definition) is 3. The van der Waals surface area contributed by atoms with Crippen LogP contribution in [0.4, 0.5) is 11.4 Å². The van der Waals surface area contributed by atoms with Crippen LogP contribution in [0.25, 0.3) is 0 Å². The first-order valence-corrected chi connectivity index (χ1v) is 8.23. The van der Waals surface area contributed by atoms with Crippen molar-refractivity contribution in [2.24, 2.45) is 0 Å². The average Bonchev–Trinajstić information content (AvgIpc) is 2.57. The fourth-order valence-electron chi connectivity index (χ4n) is 2.12. The van der Waals surface area contributed by atoms with Gasteiger partial charge in [0.25, 0.3) is 5.91 Å². The van der Waals surface area contributed by atoms with Gasteiger partial charge in [-0.05, 0) is 62.5 Å². The van der Waals surface area contributed by atoms with Crippen molar-refractivity contribution in [1.29, 1.82) is 0 Å². The van der Waals surface area contributed by atoms with E-state index in [1.807, 2.05) is 56.3 Å². The summed E-state index contributed by atoms with van der Waals surface area (Å²) in [6, 6.07) is 14.5. The summed E-state index contributed by atoms with van der Waals surface area (Å²) in [5.74, 6) is 0.565. The lowest BCUT2D eigenvalue weighted by Gasteiger charge is -2.13. The van der Waals surface area contributed by atoms with Crippen LogP contribution >= 0.6 is 12.2 Å². The van der Waals surface area contributed by atoms with E-state index in [9.17, 15) is 4.79 Å². The molecule has 2 aromatic carbocycles. The molecule has 0 bridgehead atoms. The number of para-hydroxylation sites is 1. The van der Waals surface area contributed by atoms with Crippen molar-refractivity contribution in [2.45, 2.75) is 13.8 Å². The molecule has 1 amide bonds. The largest absolute Gasteiger partial charge is 0.494 e. The highest BCUT2D eigenvalue weighted by molar-refractivity contribution is 7.80. The molecule has 0 fully saturated rings. The van der Waals surface area contributed by atoms with Crippen LogP contribution in [0, 0.1) is 0 Å². The molecule has 24 heavy (non-hydrogen) atoms. The highest BCUT2D eigenvalue weighted by Gasteiger charge is 2.12. The molecule has 2 rings (SSSR count). The van der Waals surface area contributed by atoms with E-state index in [1.165, 1.54) is 0 Å². The fourth-order valence-corrected chi connectivity index (χ4v) is 2.37. The first-order chi connectivity index (χ1) is 11.6. The molecular formula is C18H21N3O2S. The molecule has 126 valence electrons. The molecular weight excluding hydrogens is 322 g/mol. The molecule has 0 saturated carbocycles. The third kappa shape index (κ3) is 4.96. The predicted octanol–water partition coefficient (Wildman–Crippen LogP) is 3.64. The normalized spacial score (nSPS) is 9.92. The van der Waals surface area contributed by atoms with Crippen molar-refractivity contribution in [1.82, 2.24) is 5.32 Å². The lowest BCUT2D eigenvalue weighted by molar-refractivity contribution is 0.102. The van der Waals surface area contributed by atoms with Crippen LogP contribution in [0.2, 0.25) is 0 Å². The number of thiocarbonyl (C=S) groups is 1. The summed E-state index contributed by atoms with van der Waals surface area (Å²) < 4.78 is 5.39. The average molecular weight is 343 g/mol. The maximum absolute atomic E-state index is 12.5. The lowest BCUT2D eigenvalue weighted by atomic mass is 10.1. The van der Waals surface area contributed by atoms with Gasteiger partial charge in [-0.3, -0.25) is 4.79 Å². The summed E-state index contributed by atoms with van der Waals surface area (Å²) in [5, 5.41) is 9.41. The Balaban J connectivity index is 2.10. The quantitative estimate of drug-likeness (QED) is 0.699. The second-order valence-corrected chi connectivity index (χ2v) is 5.35. The van der Waals surface area contributed by atoms with Gasteiger partial charge < -0.3 is 20.7 Å². The van der Waals surface area contributed by atoms with E-state index in [4.69, 9.17) is 17.0 Å². The number of anilines is 2. The van der Waals surface area contributed by atoms with Crippen molar-refractivity contribution >= 4 is 34.6 Å². The van der Waals surface area contributed by atoms with Gasteiger partial charge in [0.05, 0.1) is 17.9 Å². The number of nitrogens with one attached hydrogen (secondary N) is 3. The first kappa shape index (κ1) is 17.7. The second kappa shape index (κ2) is 8.88. The number of benzene rings is 2. The summed E-state index contributed by atoms with van der Waals surface area (Å²) in [5.41, 5.74) is 1.88. The maximum atomic E-state index is 12.5. The van der Waals surface area contributed by atoms with Gasteiger partial charge >= 0.3 is 0 Å². The van der Waals surface area contributed by atoms with Gasteiger partial charge in [-0.15, -0.1) is 0 Å². The van der Waals surface area contributed by atoms with E-state index in [0.29, 0.717) is 35.2 Å². The monoisotopic (exact) mass is 343 g/mol. The molecule has 5 nitrogen and oxygen atoms in total. The van der Waals surface area contributed by atoms with Crippen LogP contribution in [-0.4, -0.2) is 24.2 Å². The van der Waals surface area contributed by atoms with Gasteiger partial charge in [0.2, 0.25) is 0 Å². The molecule has 2 aromatic rings. The molecule has 0 aliphatic rings. The highest BCUT2D eigenvalue weighted by Crippen LogP contribution is 2.19. The van der Waals surface area contributed by atoms with Gasteiger partial charge in [0, 0.05) is 12.2 Å². The van der Waals surface area contributed by atoms with Crippen LogP contribution in [-0.2, 0) is 0 Å². The Kier molecular flexibility index (Phi) is 6.57. The zero-order chi connectivity index (χ0) is 17.4. The molecule has 0 aromatic heterocycles. The number of hydrogen-bond donors (Lipinski definition) is 3. The Hall–Kier alpha value is -2.60. The van der Waals surface area contributed by atoms with E-state index >= 15 is 0 Å². The zero-order valence-corrected chi connectivity index (χ0v) is 14.6. The molecule has 0 radical (unpaired) electrons. The predicted molar refractivity (Wildman–Crippen MR) is 102 cm³/mol. The van der Waals surface area contributed by atoms with Gasteiger partial charge in [-0.25, -0.2) is 0 Å². The Morgan fingerprint density at radius 1 is 1.04 bits per heavy atom. The summed E-state index contributed by atoms with van der Waals surface area (Å²) >= 11 is 5.18. The molecule has 0 spiro atoms. The smallest absolute Gasteiger partial charge is 0.257 e. The number of carbonyl (C=O) groups is 1. The Bertz CT molecular complexity index is 702. The van der Waals surface area contributed by atoms with Crippen LogP contribution in [0.1, 0.15) is 24.2 Å². The maximum Gasteiger partial charge on any atom is 0.257 e. The van der Waals surface area contributed by atoms with E-state index in [2.05, 4.69) is 16.0 Å². The van der Waals surface area contributed by atoms with Gasteiger partial charge in [0.1, 0.15) is 5.75 Å². The number of amides is 1. The van der Waals surface area contributed by atoms with E-state index in [0.717, 1.165) is 5.75 Å². The molecule has 0 unspecified atom stereocenters. The number of ether oxygens (including phenoxy) is 1. The third-order valence-electron chi connectivity index (χ3n) is 3.18. The molecule has 0 atom stereocenters. The van der Waals surface area contributed by atoms with Gasteiger partial charge in [0.15, 0.2) is 5.11 Å². The SMILES string of the molecule is CCNC(=S)Nc1ccccc1C(=O)Nc1ccc(OCC)cc1. The lowest BCUT2D eigenvalue weighted by Crippen LogP contribution is -2.29. The first-order valence-electron chi connectivity index (χ1n) is 7.82. The Morgan fingerprint density at radius 2 is 1.75 bits per heavy atom. The van der Waals surface area contributed by atoms with Crippen LogP contribution < -0.4 is 20.7 Å². The minimum absolute atomic E-state index is 0.207. The molecule has 0 aliphatic heterocycles. The van der Waals surface area contributed by atoms with E-state index in [1.54, 1.807) is 6.07 Å². The van der Waals surface area contributed by atoms with Gasteiger partial charge in [-0.1, -0.05) is 12.1 Å². The fraction of sp³-hybridized carbons (Fsp3) is 0.222. The molecule has 3 N–H and O–H groups in total. The van der Waals surface area contributed by atoms with Crippen LogP contribution in [0.15, 0.2) is 48.5 Å². The third-order valence-corrected chi connectivity index (χ3v) is 3.43. The Labute approximate surface area is 147 Å². The van der Waals surface area contributed by atoms with E-state index in [-0.39, 0.29) is 5.91 Å². The van der Waals surface area contributed by atoms with Crippen LogP contribution in [0.3, 0.4) is 0 Å². The molecule has 0 heterocycles. The minimum Gasteiger partial charge on any atom is -0.494 e. The molecule has 0 aliphatic carbocycles.